The molecule has 4 aliphatic carbocycles. The summed E-state index contributed by atoms with van der Waals surface area (Å²) in [5, 5.41) is 12.7. The van der Waals surface area contributed by atoms with Crippen LogP contribution in [0.15, 0.2) is 12.2 Å². The molecule has 7 nitrogen and oxygen atoms in total. The molecule has 5 aliphatic rings. The Bertz CT molecular complexity index is 1110. The van der Waals surface area contributed by atoms with E-state index in [0.29, 0.717) is 42.4 Å². The highest BCUT2D eigenvalue weighted by Gasteiger charge is 2.67. The molecular weight excluding hydrogens is 570 g/mol. The van der Waals surface area contributed by atoms with E-state index in [9.17, 15) is 9.90 Å². The highest BCUT2D eigenvalue weighted by molar-refractivity contribution is 6.74. The van der Waals surface area contributed by atoms with Gasteiger partial charge in [-0.25, -0.2) is 4.79 Å². The van der Waals surface area contributed by atoms with Crippen LogP contribution in [0.2, 0.25) is 18.1 Å². The van der Waals surface area contributed by atoms with Crippen molar-refractivity contribution in [1.29, 1.82) is 0 Å². The standard InChI is InChI=1S/C36H63NO6Si/c1-23(30-40-21-33(5,6)22-41-30)26-13-14-27-25-15-18-36(39)20-24(42-31(38)37(9)10)19-29(43-44(11,12)32(2,3)4)35(36,8)28(25)16-17-34(26,27)7/h15,18,23-30,39H,13-14,16-17,19-22H2,1-12H3/t23?,24?,25-,26+,27-,28-,29?,34+,35-,36?/m0/s1. The Morgan fingerprint density at radius 1 is 1.05 bits per heavy atom. The molecule has 0 radical (unpaired) electrons. The first-order valence-corrected chi connectivity index (χ1v) is 20.3. The van der Waals surface area contributed by atoms with Gasteiger partial charge in [0.2, 0.25) is 0 Å². The van der Waals surface area contributed by atoms with Gasteiger partial charge in [0, 0.05) is 43.7 Å². The maximum Gasteiger partial charge on any atom is 0.409 e. The minimum atomic E-state index is -2.21. The van der Waals surface area contributed by atoms with Gasteiger partial charge in [0.15, 0.2) is 14.6 Å². The second-order valence-corrected chi connectivity index (χ2v) is 23.1. The molecule has 0 aromatic rings. The lowest BCUT2D eigenvalue weighted by molar-refractivity contribution is -0.254. The second kappa shape index (κ2) is 11.3. The lowest BCUT2D eigenvalue weighted by Gasteiger charge is -2.65. The number of allylic oxidation sites excluding steroid dienone is 1. The normalized spacial score (nSPS) is 43.0. The number of nitrogens with zero attached hydrogens (tertiary/aromatic N) is 1. The van der Waals surface area contributed by atoms with Crippen molar-refractivity contribution >= 4 is 14.4 Å². The zero-order chi connectivity index (χ0) is 32.7. The molecular formula is C36H63NO6Si. The molecule has 0 bridgehead atoms. The Hall–Kier alpha value is -0.933. The van der Waals surface area contributed by atoms with Gasteiger partial charge in [-0.15, -0.1) is 0 Å². The number of fused-ring (bicyclic) bond motifs is 5. The molecule has 4 fully saturated rings. The predicted molar refractivity (Wildman–Crippen MR) is 177 cm³/mol. The monoisotopic (exact) mass is 633 g/mol. The van der Waals surface area contributed by atoms with Crippen molar-refractivity contribution in [3.05, 3.63) is 12.2 Å². The predicted octanol–water partition coefficient (Wildman–Crippen LogP) is 7.64. The molecule has 0 aromatic heterocycles. The van der Waals surface area contributed by atoms with Gasteiger partial charge in [-0.2, -0.15) is 0 Å². The van der Waals surface area contributed by atoms with Gasteiger partial charge in [-0.1, -0.05) is 67.5 Å². The Kier molecular flexibility index (Phi) is 8.87. The zero-order valence-electron chi connectivity index (χ0n) is 29.9. The van der Waals surface area contributed by atoms with Crippen LogP contribution in [0.3, 0.4) is 0 Å². The smallest absolute Gasteiger partial charge is 0.409 e. The van der Waals surface area contributed by atoms with Gasteiger partial charge < -0.3 is 28.6 Å². The molecule has 0 spiro atoms. The van der Waals surface area contributed by atoms with Crippen LogP contribution in [0.5, 0.6) is 0 Å². The molecule has 252 valence electrons. The van der Waals surface area contributed by atoms with Crippen molar-refractivity contribution in [3.8, 4) is 0 Å². The Morgan fingerprint density at radius 2 is 1.68 bits per heavy atom. The van der Waals surface area contributed by atoms with E-state index in [0.717, 1.165) is 26.1 Å². The van der Waals surface area contributed by atoms with Crippen molar-refractivity contribution in [3.63, 3.8) is 0 Å². The number of amides is 1. The number of carbonyl (C=O) groups is 1. The topological polar surface area (TPSA) is 77.5 Å². The largest absolute Gasteiger partial charge is 0.446 e. The minimum Gasteiger partial charge on any atom is -0.446 e. The SMILES string of the molecule is CC(C1OCC(C)(C)CO1)[C@H]1CC[C@H]2[C@@H]3C=CC4(O)CC(OC(=O)N(C)C)CC(O[Si](C)(C)C(C)(C)C)[C@]4(C)[C@H]3CC[C@]12C. The van der Waals surface area contributed by atoms with Crippen LogP contribution in [-0.4, -0.2) is 75.8 Å². The molecule has 44 heavy (non-hydrogen) atoms. The van der Waals surface area contributed by atoms with Crippen molar-refractivity contribution in [2.24, 2.45) is 45.8 Å². The number of ether oxygens (including phenoxy) is 3. The van der Waals surface area contributed by atoms with Gasteiger partial charge in [0.05, 0.1) is 24.9 Å². The van der Waals surface area contributed by atoms with E-state index in [2.05, 4.69) is 80.6 Å². The summed E-state index contributed by atoms with van der Waals surface area (Å²) in [5.74, 6) is 2.11. The molecule has 1 N–H and O–H groups in total. The summed E-state index contributed by atoms with van der Waals surface area (Å²) in [5.41, 5.74) is -1.31. The van der Waals surface area contributed by atoms with E-state index >= 15 is 0 Å². The lowest BCUT2D eigenvalue weighted by Crippen LogP contribution is -2.68. The van der Waals surface area contributed by atoms with E-state index in [-0.39, 0.29) is 34.4 Å². The number of aliphatic hydroxyl groups is 1. The third kappa shape index (κ3) is 5.65. The van der Waals surface area contributed by atoms with Crippen LogP contribution in [0.1, 0.15) is 93.9 Å². The number of hydrogen-bond donors (Lipinski definition) is 1. The highest BCUT2D eigenvalue weighted by atomic mass is 28.4. The fourth-order valence-electron chi connectivity index (χ4n) is 9.80. The van der Waals surface area contributed by atoms with Crippen LogP contribution in [-0.2, 0) is 18.6 Å². The average Bonchev–Trinajstić information content (AvgIpc) is 3.25. The minimum absolute atomic E-state index is 0.0249. The van der Waals surface area contributed by atoms with Crippen LogP contribution in [0.25, 0.3) is 0 Å². The molecule has 0 aromatic carbocycles. The molecule has 1 aliphatic heterocycles. The zero-order valence-corrected chi connectivity index (χ0v) is 30.9. The van der Waals surface area contributed by atoms with Crippen molar-refractivity contribution in [2.75, 3.05) is 27.3 Å². The Morgan fingerprint density at radius 3 is 2.27 bits per heavy atom. The van der Waals surface area contributed by atoms with Gasteiger partial charge in [0.25, 0.3) is 0 Å². The van der Waals surface area contributed by atoms with E-state index in [1.54, 1.807) is 14.1 Å². The number of carbonyl (C=O) groups excluding carboxylic acids is 1. The quantitative estimate of drug-likeness (QED) is 0.248. The van der Waals surface area contributed by atoms with E-state index in [1.165, 1.54) is 17.7 Å². The summed E-state index contributed by atoms with van der Waals surface area (Å²) < 4.78 is 25.9. The molecule has 8 heteroatoms. The maximum atomic E-state index is 12.7. The van der Waals surface area contributed by atoms with Crippen molar-refractivity contribution < 1.29 is 28.5 Å². The Labute approximate surface area is 268 Å². The first-order valence-electron chi connectivity index (χ1n) is 17.4. The summed E-state index contributed by atoms with van der Waals surface area (Å²) >= 11 is 0. The molecule has 4 unspecified atom stereocenters. The van der Waals surface area contributed by atoms with Gasteiger partial charge >= 0.3 is 6.09 Å². The highest BCUT2D eigenvalue weighted by Crippen LogP contribution is 2.68. The molecule has 3 saturated carbocycles. The average molecular weight is 634 g/mol. The first kappa shape index (κ1) is 34.4. The third-order valence-corrected chi connectivity index (χ3v) is 18.1. The number of hydrogen-bond acceptors (Lipinski definition) is 6. The summed E-state index contributed by atoms with van der Waals surface area (Å²) in [7, 11) is 1.21. The molecule has 1 saturated heterocycles. The van der Waals surface area contributed by atoms with Crippen LogP contribution < -0.4 is 0 Å². The van der Waals surface area contributed by atoms with Gasteiger partial charge in [0.1, 0.15) is 6.10 Å². The second-order valence-electron chi connectivity index (χ2n) is 18.3. The Balaban J connectivity index is 1.45. The fourth-order valence-corrected chi connectivity index (χ4v) is 11.2. The lowest BCUT2D eigenvalue weighted by atomic mass is 9.44. The van der Waals surface area contributed by atoms with E-state index < -0.39 is 25.4 Å². The van der Waals surface area contributed by atoms with Gasteiger partial charge in [-0.05, 0) is 72.9 Å². The van der Waals surface area contributed by atoms with Crippen LogP contribution in [0, 0.1) is 45.8 Å². The molecule has 1 amide bonds. The maximum absolute atomic E-state index is 12.7. The van der Waals surface area contributed by atoms with Crippen molar-refractivity contribution in [2.45, 2.75) is 136 Å². The van der Waals surface area contributed by atoms with E-state index in [4.69, 9.17) is 18.6 Å². The molecule has 1 heterocycles. The summed E-state index contributed by atoms with van der Waals surface area (Å²) in [6.07, 6.45) is 8.98. The third-order valence-electron chi connectivity index (χ3n) is 13.6. The van der Waals surface area contributed by atoms with Crippen LogP contribution in [0.4, 0.5) is 4.79 Å². The number of rotatable bonds is 5. The molecule has 5 rings (SSSR count). The van der Waals surface area contributed by atoms with Crippen LogP contribution >= 0.6 is 0 Å². The van der Waals surface area contributed by atoms with Gasteiger partial charge in [-0.3, -0.25) is 0 Å². The first-order chi connectivity index (χ1) is 20.2. The summed E-state index contributed by atoms with van der Waals surface area (Å²) in [6.45, 7) is 24.5. The fraction of sp³-hybridized carbons (Fsp3) is 0.917. The summed E-state index contributed by atoms with van der Waals surface area (Å²) in [4.78, 5) is 14.2. The van der Waals surface area contributed by atoms with E-state index in [1.807, 2.05) is 0 Å². The summed E-state index contributed by atoms with van der Waals surface area (Å²) in [6, 6.07) is 0. The molecule has 10 atom stereocenters. The van der Waals surface area contributed by atoms with Crippen molar-refractivity contribution in [1.82, 2.24) is 4.90 Å².